The van der Waals surface area contributed by atoms with Gasteiger partial charge in [-0.2, -0.15) is 0 Å². The van der Waals surface area contributed by atoms with E-state index < -0.39 is 0 Å². The van der Waals surface area contributed by atoms with E-state index in [1.165, 1.54) is 4.57 Å². The SMILES string of the molecule is CC(C)Oc1ccc(C(=O)NCC2CCN(C(=O)c3cccn(C)c3=O)CC2)cc1. The molecule has 2 amide bonds. The molecule has 0 spiro atoms. The average molecular weight is 412 g/mol. The summed E-state index contributed by atoms with van der Waals surface area (Å²) >= 11 is 0. The second-order valence-electron chi connectivity index (χ2n) is 7.97. The van der Waals surface area contributed by atoms with Crippen LogP contribution in [0, 0.1) is 5.92 Å². The minimum atomic E-state index is -0.276. The summed E-state index contributed by atoms with van der Waals surface area (Å²) in [5.74, 6) is 0.715. The first-order chi connectivity index (χ1) is 14.3. The third-order valence-corrected chi connectivity index (χ3v) is 5.30. The summed E-state index contributed by atoms with van der Waals surface area (Å²) in [6, 6.07) is 10.4. The highest BCUT2D eigenvalue weighted by Crippen LogP contribution is 2.18. The molecule has 1 N–H and O–H groups in total. The molecule has 1 aliphatic heterocycles. The Labute approximate surface area is 176 Å². The van der Waals surface area contributed by atoms with Crippen molar-refractivity contribution in [1.82, 2.24) is 14.8 Å². The minimum Gasteiger partial charge on any atom is -0.491 e. The van der Waals surface area contributed by atoms with Crippen molar-refractivity contribution < 1.29 is 14.3 Å². The summed E-state index contributed by atoms with van der Waals surface area (Å²) in [5, 5.41) is 2.98. The Hall–Kier alpha value is -3.09. The molecule has 0 radical (unpaired) electrons. The first-order valence-electron chi connectivity index (χ1n) is 10.3. The number of nitrogens with one attached hydrogen (secondary N) is 1. The monoisotopic (exact) mass is 411 g/mol. The maximum absolute atomic E-state index is 12.7. The first-order valence-corrected chi connectivity index (χ1v) is 10.3. The molecular weight excluding hydrogens is 382 g/mol. The van der Waals surface area contributed by atoms with Gasteiger partial charge in [0.15, 0.2) is 0 Å². The van der Waals surface area contributed by atoms with Gasteiger partial charge in [0.25, 0.3) is 17.4 Å². The molecule has 1 aliphatic rings. The Morgan fingerprint density at radius 1 is 1.13 bits per heavy atom. The lowest BCUT2D eigenvalue weighted by atomic mass is 9.96. The van der Waals surface area contributed by atoms with E-state index in [0.717, 1.165) is 18.6 Å². The Morgan fingerprint density at radius 2 is 1.80 bits per heavy atom. The lowest BCUT2D eigenvalue weighted by Gasteiger charge is -2.32. The predicted octanol–water partition coefficient (Wildman–Crippen LogP) is 2.45. The largest absolute Gasteiger partial charge is 0.491 e. The standard InChI is InChI=1S/C23H29N3O4/c1-16(2)30-19-8-6-18(7-9-19)21(27)24-15-17-10-13-26(14-11-17)23(29)20-5-4-12-25(3)22(20)28/h4-9,12,16-17H,10-11,13-15H2,1-3H3,(H,24,27). The van der Waals surface area contributed by atoms with Gasteiger partial charge in [0, 0.05) is 38.4 Å². The van der Waals surface area contributed by atoms with Crippen molar-refractivity contribution in [2.24, 2.45) is 13.0 Å². The molecule has 7 nitrogen and oxygen atoms in total. The Morgan fingerprint density at radius 3 is 2.43 bits per heavy atom. The highest BCUT2D eigenvalue weighted by molar-refractivity contribution is 5.94. The lowest BCUT2D eigenvalue weighted by molar-refractivity contribution is 0.0682. The van der Waals surface area contributed by atoms with Gasteiger partial charge in [-0.25, -0.2) is 0 Å². The molecule has 1 aromatic carbocycles. The minimum absolute atomic E-state index is 0.0901. The number of piperidine rings is 1. The van der Waals surface area contributed by atoms with Gasteiger partial charge in [-0.05, 0) is 69.0 Å². The number of carbonyl (C=O) groups excluding carboxylic acids is 2. The van der Waals surface area contributed by atoms with E-state index in [1.54, 1.807) is 54.5 Å². The van der Waals surface area contributed by atoms with Crippen molar-refractivity contribution in [3.63, 3.8) is 0 Å². The van der Waals surface area contributed by atoms with Gasteiger partial charge in [-0.3, -0.25) is 14.4 Å². The maximum atomic E-state index is 12.7. The smallest absolute Gasteiger partial charge is 0.263 e. The molecule has 0 aliphatic carbocycles. The number of aryl methyl sites for hydroxylation is 1. The molecule has 7 heteroatoms. The number of aromatic nitrogens is 1. The van der Waals surface area contributed by atoms with Crippen LogP contribution in [-0.4, -0.2) is 47.0 Å². The number of carbonyl (C=O) groups is 2. The topological polar surface area (TPSA) is 80.6 Å². The number of hydrogen-bond donors (Lipinski definition) is 1. The van der Waals surface area contributed by atoms with Crippen LogP contribution in [0.2, 0.25) is 0 Å². The Balaban J connectivity index is 1.48. The van der Waals surface area contributed by atoms with Gasteiger partial charge in [0.05, 0.1) is 6.10 Å². The molecule has 30 heavy (non-hydrogen) atoms. The van der Waals surface area contributed by atoms with Crippen molar-refractivity contribution in [2.75, 3.05) is 19.6 Å². The van der Waals surface area contributed by atoms with E-state index >= 15 is 0 Å². The van der Waals surface area contributed by atoms with Crippen molar-refractivity contribution in [3.05, 3.63) is 64.1 Å². The van der Waals surface area contributed by atoms with Crippen LogP contribution < -0.4 is 15.6 Å². The second kappa shape index (κ2) is 9.61. The van der Waals surface area contributed by atoms with Gasteiger partial charge in [-0.15, -0.1) is 0 Å². The molecular formula is C23H29N3O4. The molecule has 2 heterocycles. The molecule has 3 rings (SSSR count). The number of benzene rings is 1. The summed E-state index contributed by atoms with van der Waals surface area (Å²) in [7, 11) is 1.64. The number of rotatable bonds is 6. The number of pyridine rings is 1. The predicted molar refractivity (Wildman–Crippen MR) is 115 cm³/mol. The van der Waals surface area contributed by atoms with Crippen LogP contribution in [0.1, 0.15) is 47.4 Å². The zero-order valence-corrected chi connectivity index (χ0v) is 17.8. The van der Waals surface area contributed by atoms with Gasteiger partial charge in [0.1, 0.15) is 11.3 Å². The quantitative estimate of drug-likeness (QED) is 0.792. The molecule has 2 aromatic rings. The van der Waals surface area contributed by atoms with Crippen LogP contribution in [0.25, 0.3) is 0 Å². The van der Waals surface area contributed by atoms with Crippen LogP contribution in [0.5, 0.6) is 5.75 Å². The fraction of sp³-hybridized carbons (Fsp3) is 0.435. The highest BCUT2D eigenvalue weighted by Gasteiger charge is 2.25. The maximum Gasteiger partial charge on any atom is 0.263 e. The molecule has 0 atom stereocenters. The summed E-state index contributed by atoms with van der Waals surface area (Å²) in [4.78, 5) is 38.9. The van der Waals surface area contributed by atoms with Crippen LogP contribution >= 0.6 is 0 Å². The van der Waals surface area contributed by atoms with E-state index in [4.69, 9.17) is 4.74 Å². The summed E-state index contributed by atoms with van der Waals surface area (Å²) in [6.07, 6.45) is 3.31. The van der Waals surface area contributed by atoms with Gasteiger partial charge in [-0.1, -0.05) is 0 Å². The van der Waals surface area contributed by atoms with Crippen molar-refractivity contribution in [3.8, 4) is 5.75 Å². The molecule has 1 aromatic heterocycles. The molecule has 1 saturated heterocycles. The molecule has 0 unspecified atom stereocenters. The molecule has 0 saturated carbocycles. The van der Waals surface area contributed by atoms with Gasteiger partial charge >= 0.3 is 0 Å². The normalized spacial score (nSPS) is 14.6. The van der Waals surface area contributed by atoms with Crippen LogP contribution in [0.4, 0.5) is 0 Å². The Bertz CT molecular complexity index is 942. The molecule has 160 valence electrons. The van der Waals surface area contributed by atoms with Gasteiger partial charge in [0.2, 0.25) is 0 Å². The van der Waals surface area contributed by atoms with Crippen LogP contribution in [0.15, 0.2) is 47.4 Å². The number of nitrogens with zero attached hydrogens (tertiary/aromatic N) is 2. The summed E-state index contributed by atoms with van der Waals surface area (Å²) in [5.41, 5.74) is 0.525. The highest BCUT2D eigenvalue weighted by atomic mass is 16.5. The van der Waals surface area contributed by atoms with Crippen molar-refractivity contribution in [1.29, 1.82) is 0 Å². The second-order valence-corrected chi connectivity index (χ2v) is 7.97. The third-order valence-electron chi connectivity index (χ3n) is 5.30. The Kier molecular flexibility index (Phi) is 6.92. The average Bonchev–Trinajstić information content (AvgIpc) is 2.74. The van der Waals surface area contributed by atoms with Gasteiger partial charge < -0.3 is 19.5 Å². The van der Waals surface area contributed by atoms with E-state index in [1.807, 2.05) is 13.8 Å². The zero-order chi connectivity index (χ0) is 21.7. The van der Waals surface area contributed by atoms with Crippen molar-refractivity contribution >= 4 is 11.8 Å². The fourth-order valence-corrected chi connectivity index (χ4v) is 3.57. The summed E-state index contributed by atoms with van der Waals surface area (Å²) < 4.78 is 7.01. The van der Waals surface area contributed by atoms with E-state index in [-0.39, 0.29) is 29.0 Å². The van der Waals surface area contributed by atoms with E-state index in [9.17, 15) is 14.4 Å². The number of hydrogen-bond acceptors (Lipinski definition) is 4. The van der Waals surface area contributed by atoms with E-state index in [2.05, 4.69) is 5.32 Å². The van der Waals surface area contributed by atoms with Crippen LogP contribution in [-0.2, 0) is 7.05 Å². The number of likely N-dealkylation sites (tertiary alicyclic amines) is 1. The zero-order valence-electron chi connectivity index (χ0n) is 17.8. The lowest BCUT2D eigenvalue weighted by Crippen LogP contribution is -2.43. The summed E-state index contributed by atoms with van der Waals surface area (Å²) in [6.45, 7) is 5.65. The molecule has 1 fully saturated rings. The first kappa shape index (κ1) is 21.6. The van der Waals surface area contributed by atoms with Crippen molar-refractivity contribution in [2.45, 2.75) is 32.8 Å². The third kappa shape index (κ3) is 5.28. The molecule has 0 bridgehead atoms. The number of ether oxygens (including phenoxy) is 1. The fourth-order valence-electron chi connectivity index (χ4n) is 3.57. The number of amides is 2. The van der Waals surface area contributed by atoms with E-state index in [0.29, 0.717) is 31.1 Å². The van der Waals surface area contributed by atoms with Crippen LogP contribution in [0.3, 0.4) is 0 Å².